The number of rotatable bonds is 10. The lowest BCUT2D eigenvalue weighted by Gasteiger charge is -2.16. The van der Waals surface area contributed by atoms with Gasteiger partial charge in [0.05, 0.1) is 11.6 Å². The first-order valence-corrected chi connectivity index (χ1v) is 11.2. The molecule has 2 aromatic rings. The summed E-state index contributed by atoms with van der Waals surface area (Å²) in [4.78, 5) is 0. The maximum atomic E-state index is 14.0. The average Bonchev–Trinajstić information content (AvgIpc) is 2.74. The Labute approximate surface area is 188 Å². The van der Waals surface area contributed by atoms with E-state index >= 15 is 0 Å². The molecule has 1 N–H and O–H groups in total. The first-order chi connectivity index (χ1) is 14.6. The maximum absolute atomic E-state index is 14.0. The monoisotopic (exact) mass is 451 g/mol. The van der Waals surface area contributed by atoms with Gasteiger partial charge in [-0.25, -0.2) is 4.39 Å². The van der Waals surface area contributed by atoms with Crippen LogP contribution in [-0.2, 0) is 13.2 Å². The van der Waals surface area contributed by atoms with Crippen molar-refractivity contribution in [2.24, 2.45) is 0 Å². The van der Waals surface area contributed by atoms with Gasteiger partial charge in [0, 0.05) is 23.2 Å². The van der Waals surface area contributed by atoms with Crippen molar-refractivity contribution in [2.45, 2.75) is 52.2 Å². The average molecular weight is 452 g/mol. The van der Waals surface area contributed by atoms with Crippen LogP contribution in [0.5, 0.6) is 11.5 Å². The molecule has 3 nitrogen and oxygen atoms in total. The van der Waals surface area contributed by atoms with Crippen LogP contribution in [0.4, 0.5) is 4.39 Å². The SMILES string of the molecule is CCOc1cc(CNCCC2=CCCCC2)c(Cl)cc1OCc1c(F)cccc1Cl. The smallest absolute Gasteiger partial charge is 0.163 e. The normalized spacial score (nSPS) is 13.8. The van der Waals surface area contributed by atoms with E-state index in [9.17, 15) is 4.39 Å². The fraction of sp³-hybridized carbons (Fsp3) is 0.417. The van der Waals surface area contributed by atoms with E-state index in [1.165, 1.54) is 31.7 Å². The van der Waals surface area contributed by atoms with Crippen LogP contribution in [-0.4, -0.2) is 13.2 Å². The highest BCUT2D eigenvalue weighted by molar-refractivity contribution is 6.31. The van der Waals surface area contributed by atoms with Gasteiger partial charge in [0.1, 0.15) is 12.4 Å². The van der Waals surface area contributed by atoms with Crippen LogP contribution in [0.3, 0.4) is 0 Å². The second kappa shape index (κ2) is 11.6. The van der Waals surface area contributed by atoms with Crippen molar-refractivity contribution in [3.8, 4) is 11.5 Å². The van der Waals surface area contributed by atoms with Crippen LogP contribution in [0.2, 0.25) is 10.0 Å². The number of halogens is 3. The summed E-state index contributed by atoms with van der Waals surface area (Å²) in [5.74, 6) is 0.652. The Hall–Kier alpha value is -1.75. The van der Waals surface area contributed by atoms with Crippen molar-refractivity contribution in [1.82, 2.24) is 5.32 Å². The van der Waals surface area contributed by atoms with Crippen molar-refractivity contribution < 1.29 is 13.9 Å². The summed E-state index contributed by atoms with van der Waals surface area (Å²) in [6.45, 7) is 3.94. The van der Waals surface area contributed by atoms with E-state index in [0.29, 0.717) is 40.3 Å². The molecule has 0 bridgehead atoms. The maximum Gasteiger partial charge on any atom is 0.163 e. The molecule has 1 aliphatic carbocycles. The molecule has 30 heavy (non-hydrogen) atoms. The molecule has 0 aromatic heterocycles. The molecule has 0 saturated heterocycles. The molecule has 1 aliphatic rings. The highest BCUT2D eigenvalue weighted by Crippen LogP contribution is 2.35. The van der Waals surface area contributed by atoms with Crippen molar-refractivity contribution in [3.05, 3.63) is 69.0 Å². The molecule has 3 rings (SSSR count). The first kappa shape index (κ1) is 22.9. The summed E-state index contributed by atoms with van der Waals surface area (Å²) >= 11 is 12.6. The van der Waals surface area contributed by atoms with Crippen LogP contribution in [0.15, 0.2) is 42.0 Å². The molecule has 0 amide bonds. The quantitative estimate of drug-likeness (QED) is 0.308. The molecule has 0 unspecified atom stereocenters. The lowest BCUT2D eigenvalue weighted by atomic mass is 9.97. The first-order valence-electron chi connectivity index (χ1n) is 10.5. The van der Waals surface area contributed by atoms with Crippen LogP contribution >= 0.6 is 23.2 Å². The Morgan fingerprint density at radius 2 is 1.90 bits per heavy atom. The molecule has 0 radical (unpaired) electrons. The third-order valence-electron chi connectivity index (χ3n) is 5.17. The summed E-state index contributed by atoms with van der Waals surface area (Å²) in [6, 6.07) is 8.17. The number of allylic oxidation sites excluding steroid dienone is 1. The van der Waals surface area contributed by atoms with Gasteiger partial charge in [0.25, 0.3) is 0 Å². The van der Waals surface area contributed by atoms with Gasteiger partial charge in [-0.1, -0.05) is 40.9 Å². The number of ether oxygens (including phenoxy) is 2. The fourth-order valence-electron chi connectivity index (χ4n) is 3.52. The minimum absolute atomic E-state index is 0.00534. The van der Waals surface area contributed by atoms with E-state index in [4.69, 9.17) is 32.7 Å². The predicted octanol–water partition coefficient (Wildman–Crippen LogP) is 7.09. The zero-order valence-corrected chi connectivity index (χ0v) is 18.8. The standard InChI is InChI=1S/C24H28Cl2FNO2/c1-2-29-23-13-18(15-28-12-11-17-7-4-3-5-8-17)21(26)14-24(23)30-16-19-20(25)9-6-10-22(19)27/h6-7,9-10,13-14,28H,2-5,8,11-12,15-16H2,1H3. The number of hydrogen-bond donors (Lipinski definition) is 1. The van der Waals surface area contributed by atoms with Gasteiger partial charge in [-0.3, -0.25) is 0 Å². The summed E-state index contributed by atoms with van der Waals surface area (Å²) in [7, 11) is 0. The van der Waals surface area contributed by atoms with E-state index in [1.54, 1.807) is 23.8 Å². The van der Waals surface area contributed by atoms with Gasteiger partial charge in [0.2, 0.25) is 0 Å². The Balaban J connectivity index is 1.63. The van der Waals surface area contributed by atoms with Gasteiger partial charge in [-0.15, -0.1) is 0 Å². The number of benzene rings is 2. The molecule has 0 fully saturated rings. The Bertz CT molecular complexity index is 865. The van der Waals surface area contributed by atoms with Gasteiger partial charge >= 0.3 is 0 Å². The van der Waals surface area contributed by atoms with E-state index in [2.05, 4.69) is 11.4 Å². The minimum Gasteiger partial charge on any atom is -0.490 e. The fourth-order valence-corrected chi connectivity index (χ4v) is 3.96. The molecule has 0 heterocycles. The molecular weight excluding hydrogens is 424 g/mol. The molecule has 0 spiro atoms. The van der Waals surface area contributed by atoms with Crippen molar-refractivity contribution in [2.75, 3.05) is 13.2 Å². The molecule has 0 saturated carbocycles. The Morgan fingerprint density at radius 3 is 2.63 bits per heavy atom. The second-order valence-electron chi connectivity index (χ2n) is 7.35. The molecular formula is C24H28Cl2FNO2. The number of nitrogens with one attached hydrogen (secondary N) is 1. The van der Waals surface area contributed by atoms with Crippen LogP contribution < -0.4 is 14.8 Å². The summed E-state index contributed by atoms with van der Waals surface area (Å²) in [5.41, 5.74) is 2.79. The van der Waals surface area contributed by atoms with Gasteiger partial charge < -0.3 is 14.8 Å². The van der Waals surface area contributed by atoms with E-state index in [-0.39, 0.29) is 6.61 Å². The predicted molar refractivity (Wildman–Crippen MR) is 121 cm³/mol. The highest BCUT2D eigenvalue weighted by atomic mass is 35.5. The lowest BCUT2D eigenvalue weighted by Crippen LogP contribution is -2.16. The number of hydrogen-bond acceptors (Lipinski definition) is 3. The topological polar surface area (TPSA) is 30.5 Å². The summed E-state index contributed by atoms with van der Waals surface area (Å²) in [6.07, 6.45) is 8.48. The largest absolute Gasteiger partial charge is 0.490 e. The molecule has 6 heteroatoms. The van der Waals surface area contributed by atoms with Crippen LogP contribution in [0.25, 0.3) is 0 Å². The van der Waals surface area contributed by atoms with Crippen molar-refractivity contribution in [3.63, 3.8) is 0 Å². The highest BCUT2D eigenvalue weighted by Gasteiger charge is 2.14. The molecule has 162 valence electrons. The Morgan fingerprint density at radius 1 is 1.07 bits per heavy atom. The minimum atomic E-state index is -0.402. The van der Waals surface area contributed by atoms with Gasteiger partial charge in [-0.05, 0) is 69.3 Å². The summed E-state index contributed by atoms with van der Waals surface area (Å²) < 4.78 is 25.6. The lowest BCUT2D eigenvalue weighted by molar-refractivity contribution is 0.265. The van der Waals surface area contributed by atoms with Gasteiger partial charge in [0.15, 0.2) is 11.5 Å². The summed E-state index contributed by atoms with van der Waals surface area (Å²) in [5, 5.41) is 4.37. The second-order valence-corrected chi connectivity index (χ2v) is 8.16. The van der Waals surface area contributed by atoms with Crippen LogP contribution in [0.1, 0.15) is 50.2 Å². The molecule has 0 aliphatic heterocycles. The van der Waals surface area contributed by atoms with E-state index < -0.39 is 5.82 Å². The van der Waals surface area contributed by atoms with Gasteiger partial charge in [-0.2, -0.15) is 0 Å². The third-order valence-corrected chi connectivity index (χ3v) is 5.88. The third kappa shape index (κ3) is 6.37. The molecule has 0 atom stereocenters. The zero-order chi connectivity index (χ0) is 21.3. The van der Waals surface area contributed by atoms with E-state index in [0.717, 1.165) is 18.5 Å². The van der Waals surface area contributed by atoms with Crippen LogP contribution in [0, 0.1) is 5.82 Å². The van der Waals surface area contributed by atoms with Crippen molar-refractivity contribution in [1.29, 1.82) is 0 Å². The van der Waals surface area contributed by atoms with E-state index in [1.807, 2.05) is 13.0 Å². The zero-order valence-electron chi connectivity index (χ0n) is 17.3. The molecule has 2 aromatic carbocycles. The Kier molecular flexibility index (Phi) is 8.86. The van der Waals surface area contributed by atoms with Crippen molar-refractivity contribution >= 4 is 23.2 Å².